The molecule has 0 heterocycles. The smallest absolute Gasteiger partial charge is 0.0427 e. The van der Waals surface area contributed by atoms with E-state index in [2.05, 4.69) is 10.8 Å². The molecular formula is H6N4O4. The van der Waals surface area contributed by atoms with E-state index in [4.69, 9.17) is 5.26 Å². The van der Waals surface area contributed by atoms with Gasteiger partial charge in [0.25, 0.3) is 0 Å². The zero-order valence-electron chi connectivity index (χ0n) is 3.75. The minimum absolute atomic E-state index is 1.08. The summed E-state index contributed by atoms with van der Waals surface area (Å²) in [6.07, 6.45) is 0. The van der Waals surface area contributed by atoms with Crippen LogP contribution in [0.4, 0.5) is 0 Å². The maximum absolute atomic E-state index is 9.74. The van der Waals surface area contributed by atoms with Gasteiger partial charge in [0, 0.05) is 5.53 Å². The van der Waals surface area contributed by atoms with Crippen molar-refractivity contribution in [3.63, 3.8) is 0 Å². The highest BCUT2D eigenvalue weighted by molar-refractivity contribution is 3.84. The molecule has 0 spiro atoms. The van der Waals surface area contributed by atoms with Crippen LogP contribution < -0.4 is 22.0 Å². The number of rotatable bonds is 3. The molecule has 0 aliphatic rings. The topological polar surface area (TPSA) is 123 Å². The Bertz CT molecular complexity index is 54.0. The van der Waals surface area contributed by atoms with Crippen molar-refractivity contribution in [2.75, 3.05) is 0 Å². The van der Waals surface area contributed by atoms with Crippen LogP contribution in [0.1, 0.15) is 0 Å². The standard InChI is InChI=1S/H6N4O4/c1-3(5)2-4(6)8-7/h2-4,7H,1H2. The molecule has 0 aromatic carbocycles. The highest BCUT2D eigenvalue weighted by atomic mass is 17.3. The lowest BCUT2D eigenvalue weighted by Gasteiger charge is -2.18. The minimum Gasteiger partial charge on any atom is -0.589 e. The molecule has 0 bridgehead atoms. The van der Waals surface area contributed by atoms with E-state index in [1.54, 1.807) is 0 Å². The molecule has 0 saturated carbocycles. The molecule has 2 unspecified atom stereocenters. The van der Waals surface area contributed by atoms with Crippen molar-refractivity contribution >= 4 is 0 Å². The van der Waals surface area contributed by atoms with Crippen molar-refractivity contribution < 1.29 is 20.9 Å². The number of hydrogen-bond donors (Lipinski definition) is 5. The van der Waals surface area contributed by atoms with Gasteiger partial charge in [0.05, 0.1) is 0 Å². The fourth-order valence-corrected chi connectivity index (χ4v) is 0.123. The van der Waals surface area contributed by atoms with E-state index < -0.39 is 10.6 Å². The first kappa shape index (κ1) is 7.68. The van der Waals surface area contributed by atoms with Crippen LogP contribution in [0.3, 0.4) is 0 Å². The Morgan fingerprint density at radius 3 is 2.25 bits per heavy atom. The van der Waals surface area contributed by atoms with Crippen LogP contribution in [-0.2, 0) is 4.99 Å². The quantitative estimate of drug-likeness (QED) is 0.147. The summed E-state index contributed by atoms with van der Waals surface area (Å²) < 4.78 is 0. The average molecular weight is 126 g/mol. The van der Waals surface area contributed by atoms with E-state index >= 15 is 0 Å². The first-order valence-corrected chi connectivity index (χ1v) is 1.58. The van der Waals surface area contributed by atoms with E-state index in [9.17, 15) is 10.4 Å². The molecule has 0 saturated heterocycles. The summed E-state index contributed by atoms with van der Waals surface area (Å²) in [5, 5.41) is 24.5. The predicted octanol–water partition coefficient (Wildman–Crippen LogP) is -4.55. The largest absolute Gasteiger partial charge is 0.589 e. The molecule has 0 amide bonds. The molecule has 0 radical (unpaired) electrons. The van der Waals surface area contributed by atoms with Gasteiger partial charge in [-0.05, 0) is 4.99 Å². The van der Waals surface area contributed by atoms with Crippen LogP contribution in [0, 0.1) is 10.4 Å². The van der Waals surface area contributed by atoms with Crippen molar-refractivity contribution in [2.24, 2.45) is 5.84 Å². The molecule has 0 aliphatic heterocycles. The number of hydrogen-bond acceptors (Lipinski definition) is 6. The molecule has 0 aliphatic carbocycles. The third-order valence-corrected chi connectivity index (χ3v) is 0.308. The molecule has 50 valence electrons. The lowest BCUT2D eigenvalue weighted by atomic mass is 12.2. The first-order valence-electron chi connectivity index (χ1n) is 1.58. The lowest BCUT2D eigenvalue weighted by molar-refractivity contribution is -1.24. The van der Waals surface area contributed by atoms with Crippen LogP contribution in [-0.4, -0.2) is 5.26 Å². The highest BCUT2D eigenvalue weighted by Crippen LogP contribution is 1.22. The van der Waals surface area contributed by atoms with Gasteiger partial charge in [-0.15, -0.1) is 0 Å². The summed E-state index contributed by atoms with van der Waals surface area (Å²) in [7, 11) is 0. The molecule has 6 N–H and O–H groups in total. The molecule has 8 heteroatoms. The molecule has 0 aromatic rings. The average Bonchev–Trinajstić information content (AvgIpc) is 1.65. The number of nitrogens with one attached hydrogen (secondary N) is 3. The van der Waals surface area contributed by atoms with Crippen LogP contribution in [0.5, 0.6) is 0 Å². The zero-order chi connectivity index (χ0) is 6.57. The molecule has 8 nitrogen and oxygen atoms in total. The molecular weight excluding hydrogens is 120 g/mol. The summed E-state index contributed by atoms with van der Waals surface area (Å²) in [6.45, 7) is 0. The number of quaternary nitrogens is 2. The normalized spacial score (nSPS) is 18.0. The van der Waals surface area contributed by atoms with Crippen molar-refractivity contribution in [2.45, 2.75) is 0 Å². The Kier molecular flexibility index (Phi) is 3.51. The maximum atomic E-state index is 9.74. The summed E-state index contributed by atoms with van der Waals surface area (Å²) in [4.78, 5) is 3.01. The molecule has 0 aromatic heterocycles. The Labute approximate surface area is 44.0 Å². The Morgan fingerprint density at radius 2 is 2.12 bits per heavy atom. The van der Waals surface area contributed by atoms with E-state index in [1.807, 2.05) is 0 Å². The van der Waals surface area contributed by atoms with Crippen molar-refractivity contribution in [1.29, 1.82) is 0 Å². The monoisotopic (exact) mass is 126 g/mol. The van der Waals surface area contributed by atoms with Gasteiger partial charge in [0.2, 0.25) is 0 Å². The van der Waals surface area contributed by atoms with Gasteiger partial charge in [-0.1, -0.05) is 5.34 Å². The van der Waals surface area contributed by atoms with Crippen molar-refractivity contribution in [3.8, 4) is 0 Å². The van der Waals surface area contributed by atoms with Crippen molar-refractivity contribution in [3.05, 3.63) is 10.4 Å². The second-order valence-electron chi connectivity index (χ2n) is 0.868. The van der Waals surface area contributed by atoms with Gasteiger partial charge in [-0.3, -0.25) is 0 Å². The summed E-state index contributed by atoms with van der Waals surface area (Å²) >= 11 is 0. The van der Waals surface area contributed by atoms with E-state index in [0.717, 1.165) is 0 Å². The van der Waals surface area contributed by atoms with Gasteiger partial charge in [-0.25, -0.2) is 0 Å². The predicted molar refractivity (Wildman–Crippen MR) is 19.7 cm³/mol. The fourth-order valence-electron chi connectivity index (χ4n) is 0.123. The summed E-state index contributed by atoms with van der Waals surface area (Å²) in [5.74, 6) is 4.41. The third kappa shape index (κ3) is 3.86. The van der Waals surface area contributed by atoms with E-state index in [1.165, 1.54) is 5.53 Å². The van der Waals surface area contributed by atoms with Gasteiger partial charge in [0.15, 0.2) is 0 Å². The second-order valence-corrected chi connectivity index (χ2v) is 0.868. The van der Waals surface area contributed by atoms with Crippen molar-refractivity contribution in [1.82, 2.24) is 5.53 Å². The van der Waals surface area contributed by atoms with E-state index in [0.29, 0.717) is 0 Å². The van der Waals surface area contributed by atoms with E-state index in [-0.39, 0.29) is 0 Å². The molecule has 8 heavy (non-hydrogen) atoms. The second kappa shape index (κ2) is 3.65. The zero-order valence-corrected chi connectivity index (χ0v) is 3.75. The summed E-state index contributed by atoms with van der Waals surface area (Å²) in [5.41, 5.74) is 1.42. The van der Waals surface area contributed by atoms with Gasteiger partial charge < -0.3 is 10.4 Å². The lowest BCUT2D eigenvalue weighted by Crippen LogP contribution is -3.37. The summed E-state index contributed by atoms with van der Waals surface area (Å²) in [6, 6.07) is 0. The Balaban J connectivity index is 3.10. The maximum Gasteiger partial charge on any atom is 0.0427 e. The first-order chi connectivity index (χ1) is 3.66. The fraction of sp³-hybridized carbons (Fsp3) is 0. The van der Waals surface area contributed by atoms with Crippen LogP contribution in [0.2, 0.25) is 0 Å². The highest BCUT2D eigenvalue weighted by Gasteiger charge is 1.94. The van der Waals surface area contributed by atoms with Crippen LogP contribution >= 0.6 is 0 Å². The SMILES string of the molecule is N[NH+]([O-])N[NH+]([O-])OO. The molecule has 0 fully saturated rings. The van der Waals surface area contributed by atoms with Gasteiger partial charge in [0.1, 0.15) is 0 Å². The third-order valence-electron chi connectivity index (χ3n) is 0.308. The molecule has 2 atom stereocenters. The van der Waals surface area contributed by atoms with Crippen LogP contribution in [0.25, 0.3) is 0 Å². The number of nitrogens with two attached hydrogens (primary N) is 1. The Hall–Kier alpha value is -0.320. The Morgan fingerprint density at radius 1 is 1.62 bits per heavy atom. The molecule has 0 rings (SSSR count). The van der Waals surface area contributed by atoms with Gasteiger partial charge in [-0.2, -0.15) is 16.4 Å². The minimum atomic E-state index is -1.29. The van der Waals surface area contributed by atoms with Gasteiger partial charge >= 0.3 is 0 Å². The van der Waals surface area contributed by atoms with Crippen LogP contribution in [0.15, 0.2) is 0 Å².